The summed E-state index contributed by atoms with van der Waals surface area (Å²) in [5.74, 6) is 0.530. The maximum atomic E-state index is 5.84. The zero-order chi connectivity index (χ0) is 15.6. The molecule has 0 spiro atoms. The Hall–Kier alpha value is -1.48. The van der Waals surface area contributed by atoms with Gasteiger partial charge in [-0.2, -0.15) is 4.57 Å². The van der Waals surface area contributed by atoms with Crippen molar-refractivity contribution in [2.24, 2.45) is 0 Å². The van der Waals surface area contributed by atoms with E-state index in [2.05, 4.69) is 0 Å². The van der Waals surface area contributed by atoms with Crippen LogP contribution in [0.5, 0.6) is 5.88 Å². The quantitative estimate of drug-likeness (QED) is 0.483. The van der Waals surface area contributed by atoms with Crippen molar-refractivity contribution < 1.29 is 9.30 Å². The number of rotatable bonds is 3. The molecule has 0 aliphatic rings. The highest BCUT2D eigenvalue weighted by molar-refractivity contribution is 6.66. The second-order valence-corrected chi connectivity index (χ2v) is 7.05. The standard InChI is InChI=1S/C17H13Cl3NO/c18-17(19,20)22-16-15-9-5-4-8-14(15)10-11-21(16)12-13-6-2-1-3-7-13/h1-11H,12H2/q+1. The molecule has 1 heterocycles. The molecule has 0 N–H and O–H groups in total. The molecule has 0 aliphatic heterocycles. The van der Waals surface area contributed by atoms with Crippen molar-refractivity contribution in [3.63, 3.8) is 0 Å². The number of fused-ring (bicyclic) bond motifs is 1. The van der Waals surface area contributed by atoms with E-state index in [-0.39, 0.29) is 0 Å². The third-order valence-electron chi connectivity index (χ3n) is 3.29. The number of ether oxygens (including phenoxy) is 1. The van der Waals surface area contributed by atoms with Crippen molar-refractivity contribution >= 4 is 45.6 Å². The third kappa shape index (κ3) is 3.64. The molecule has 5 heteroatoms. The highest BCUT2D eigenvalue weighted by Crippen LogP contribution is 2.32. The molecule has 0 saturated heterocycles. The summed E-state index contributed by atoms with van der Waals surface area (Å²) in [7, 11) is 0. The third-order valence-corrected chi connectivity index (χ3v) is 3.53. The maximum absolute atomic E-state index is 5.84. The number of hydrogen-bond acceptors (Lipinski definition) is 1. The molecule has 3 aromatic rings. The molecule has 0 fully saturated rings. The minimum atomic E-state index is -1.82. The molecule has 0 atom stereocenters. The van der Waals surface area contributed by atoms with E-state index in [1.165, 1.54) is 0 Å². The van der Waals surface area contributed by atoms with Gasteiger partial charge < -0.3 is 4.74 Å². The van der Waals surface area contributed by atoms with Gasteiger partial charge in [-0.15, -0.1) is 0 Å². The van der Waals surface area contributed by atoms with Gasteiger partial charge in [-0.05, 0) is 46.3 Å². The fourth-order valence-corrected chi connectivity index (χ4v) is 2.58. The highest BCUT2D eigenvalue weighted by Gasteiger charge is 2.29. The van der Waals surface area contributed by atoms with Crippen LogP contribution in [0.2, 0.25) is 0 Å². The lowest BCUT2D eigenvalue weighted by atomic mass is 10.1. The maximum Gasteiger partial charge on any atom is 0.379 e. The predicted molar refractivity (Wildman–Crippen MR) is 90.6 cm³/mol. The van der Waals surface area contributed by atoms with Crippen molar-refractivity contribution in [2.75, 3.05) is 0 Å². The van der Waals surface area contributed by atoms with Gasteiger partial charge in [0.05, 0.1) is 5.39 Å². The van der Waals surface area contributed by atoms with Crippen LogP contribution in [0.1, 0.15) is 5.56 Å². The molecule has 0 radical (unpaired) electrons. The van der Waals surface area contributed by atoms with Crippen molar-refractivity contribution in [1.82, 2.24) is 0 Å². The van der Waals surface area contributed by atoms with Gasteiger partial charge in [-0.3, -0.25) is 0 Å². The summed E-state index contributed by atoms with van der Waals surface area (Å²) < 4.78 is 5.69. The minimum absolute atomic E-state index is 0.530. The summed E-state index contributed by atoms with van der Waals surface area (Å²) in [5, 5.41) is 1.92. The number of aromatic nitrogens is 1. The highest BCUT2D eigenvalue weighted by atomic mass is 35.6. The lowest BCUT2D eigenvalue weighted by Gasteiger charge is -2.14. The van der Waals surface area contributed by atoms with E-state index in [0.29, 0.717) is 12.4 Å². The summed E-state index contributed by atoms with van der Waals surface area (Å²) in [4.78, 5) is 0. The zero-order valence-electron chi connectivity index (χ0n) is 11.5. The number of hydrogen-bond donors (Lipinski definition) is 0. The largest absolute Gasteiger partial charge is 0.392 e. The molecule has 0 unspecified atom stereocenters. The van der Waals surface area contributed by atoms with Gasteiger partial charge in [0.15, 0.2) is 12.7 Å². The fourth-order valence-electron chi connectivity index (χ4n) is 2.36. The average molecular weight is 354 g/mol. The van der Waals surface area contributed by atoms with E-state index in [9.17, 15) is 0 Å². The van der Waals surface area contributed by atoms with Crippen LogP contribution in [-0.2, 0) is 6.54 Å². The van der Waals surface area contributed by atoms with Crippen molar-refractivity contribution in [3.05, 3.63) is 72.4 Å². The Morgan fingerprint density at radius 2 is 1.55 bits per heavy atom. The van der Waals surface area contributed by atoms with Crippen LogP contribution in [-0.4, -0.2) is 3.98 Å². The smallest absolute Gasteiger partial charge is 0.379 e. The Kier molecular flexibility index (Phi) is 4.44. The Balaban J connectivity index is 2.10. The monoisotopic (exact) mass is 352 g/mol. The van der Waals surface area contributed by atoms with E-state index in [0.717, 1.165) is 16.3 Å². The Bertz CT molecular complexity index is 785. The van der Waals surface area contributed by atoms with E-state index in [1.54, 1.807) is 0 Å². The minimum Gasteiger partial charge on any atom is -0.392 e. The predicted octanol–water partition coefficient (Wildman–Crippen LogP) is 4.88. The molecule has 3 rings (SSSR count). The van der Waals surface area contributed by atoms with Gasteiger partial charge in [0.2, 0.25) is 0 Å². The van der Waals surface area contributed by atoms with Crippen molar-refractivity contribution in [2.45, 2.75) is 10.5 Å². The number of nitrogens with zero attached hydrogens (tertiary/aromatic N) is 1. The van der Waals surface area contributed by atoms with Gasteiger partial charge in [0.25, 0.3) is 0 Å². The van der Waals surface area contributed by atoms with Crippen molar-refractivity contribution in [1.29, 1.82) is 0 Å². The summed E-state index contributed by atoms with van der Waals surface area (Å²) in [6.45, 7) is 0.627. The molecule has 0 saturated carbocycles. The molecule has 2 aromatic carbocycles. The second kappa shape index (κ2) is 6.33. The van der Waals surface area contributed by atoms with Crippen LogP contribution in [0, 0.1) is 0 Å². The molecule has 0 bridgehead atoms. The lowest BCUT2D eigenvalue weighted by molar-refractivity contribution is -0.692. The molecule has 0 aliphatic carbocycles. The summed E-state index contributed by atoms with van der Waals surface area (Å²) >= 11 is 17.5. The van der Waals surface area contributed by atoms with Crippen LogP contribution in [0.15, 0.2) is 66.9 Å². The number of pyridine rings is 1. The molecule has 22 heavy (non-hydrogen) atoms. The second-order valence-electron chi connectivity index (χ2n) is 4.87. The fraction of sp³-hybridized carbons (Fsp3) is 0.118. The molecule has 0 amide bonds. The van der Waals surface area contributed by atoms with Crippen LogP contribution < -0.4 is 9.30 Å². The van der Waals surface area contributed by atoms with E-state index in [1.807, 2.05) is 71.4 Å². The summed E-state index contributed by atoms with van der Waals surface area (Å²) in [6, 6.07) is 19.9. The number of halogens is 3. The van der Waals surface area contributed by atoms with Gasteiger partial charge in [0, 0.05) is 11.6 Å². The summed E-state index contributed by atoms with van der Waals surface area (Å²) in [6.07, 6.45) is 1.93. The first-order valence-electron chi connectivity index (χ1n) is 6.74. The zero-order valence-corrected chi connectivity index (χ0v) is 13.8. The van der Waals surface area contributed by atoms with Crippen LogP contribution in [0.4, 0.5) is 0 Å². The van der Waals surface area contributed by atoms with Crippen LogP contribution in [0.25, 0.3) is 10.8 Å². The Morgan fingerprint density at radius 1 is 0.864 bits per heavy atom. The lowest BCUT2D eigenvalue weighted by Crippen LogP contribution is -2.38. The molecular formula is C17H13Cl3NO+. The Labute approximate surface area is 143 Å². The van der Waals surface area contributed by atoms with E-state index >= 15 is 0 Å². The molecule has 2 nitrogen and oxygen atoms in total. The number of alkyl halides is 3. The first-order chi connectivity index (χ1) is 10.5. The van der Waals surface area contributed by atoms with Gasteiger partial charge in [-0.25, -0.2) is 0 Å². The number of benzene rings is 2. The normalized spacial score (nSPS) is 11.6. The molecule has 1 aromatic heterocycles. The van der Waals surface area contributed by atoms with Crippen molar-refractivity contribution in [3.8, 4) is 5.88 Å². The first-order valence-corrected chi connectivity index (χ1v) is 7.87. The van der Waals surface area contributed by atoms with Gasteiger partial charge >= 0.3 is 9.86 Å². The van der Waals surface area contributed by atoms with E-state index < -0.39 is 3.98 Å². The van der Waals surface area contributed by atoms with Gasteiger partial charge in [0.1, 0.15) is 0 Å². The van der Waals surface area contributed by atoms with Crippen LogP contribution in [0.3, 0.4) is 0 Å². The first kappa shape index (κ1) is 15.4. The molecule has 112 valence electrons. The topological polar surface area (TPSA) is 13.1 Å². The average Bonchev–Trinajstić information content (AvgIpc) is 2.49. The van der Waals surface area contributed by atoms with E-state index in [4.69, 9.17) is 39.5 Å². The molecular weight excluding hydrogens is 341 g/mol. The summed E-state index contributed by atoms with van der Waals surface area (Å²) in [5.41, 5.74) is 1.14. The Morgan fingerprint density at radius 3 is 2.27 bits per heavy atom. The SMILES string of the molecule is ClC(Cl)(Cl)Oc1c2ccccc2cc[n+]1Cc1ccccc1. The van der Waals surface area contributed by atoms with Crippen LogP contribution >= 0.6 is 34.8 Å². The van der Waals surface area contributed by atoms with Gasteiger partial charge in [-0.1, -0.05) is 48.5 Å².